The maximum absolute atomic E-state index is 13.3. The van der Waals surface area contributed by atoms with Crippen LogP contribution in [0.25, 0.3) is 33.9 Å². The average Bonchev–Trinajstić information content (AvgIpc) is 3.08. The summed E-state index contributed by atoms with van der Waals surface area (Å²) in [6, 6.07) is 20.1. The van der Waals surface area contributed by atoms with Crippen LogP contribution in [-0.4, -0.2) is 9.97 Å². The molecule has 0 atom stereocenters. The number of rotatable bonds is 3. The third-order valence-corrected chi connectivity index (χ3v) is 4.55. The summed E-state index contributed by atoms with van der Waals surface area (Å²) < 4.78 is 27.6. The first-order chi connectivity index (χ1) is 12.6. The van der Waals surface area contributed by atoms with E-state index in [-0.39, 0.29) is 11.6 Å². The van der Waals surface area contributed by atoms with Crippen LogP contribution in [0, 0.1) is 11.6 Å². The second-order valence-corrected chi connectivity index (χ2v) is 6.75. The van der Waals surface area contributed by atoms with Crippen LogP contribution in [0.2, 0.25) is 0 Å². The van der Waals surface area contributed by atoms with Crippen LogP contribution in [0.1, 0.15) is 0 Å². The zero-order valence-corrected chi connectivity index (χ0v) is 15.1. The predicted octanol–water partition coefficient (Wildman–Crippen LogP) is 6.45. The SMILES string of the molecule is Fc1ccc(-c2nc(-c3cccc(Br)c3)[nH]c2-c2ccc(F)cc2)cc1. The Bertz CT molecular complexity index is 991. The summed E-state index contributed by atoms with van der Waals surface area (Å²) in [5.41, 5.74) is 3.94. The molecule has 0 aliphatic carbocycles. The van der Waals surface area contributed by atoms with E-state index in [0.29, 0.717) is 11.5 Å². The molecule has 5 heteroatoms. The van der Waals surface area contributed by atoms with Crippen molar-refractivity contribution in [1.29, 1.82) is 0 Å². The molecule has 4 aromatic rings. The molecule has 3 aromatic carbocycles. The van der Waals surface area contributed by atoms with Crippen molar-refractivity contribution in [3.63, 3.8) is 0 Å². The van der Waals surface area contributed by atoms with E-state index in [1.807, 2.05) is 24.3 Å². The molecule has 2 nitrogen and oxygen atoms in total. The molecular weight excluding hydrogens is 398 g/mol. The van der Waals surface area contributed by atoms with Gasteiger partial charge in [-0.05, 0) is 60.7 Å². The Balaban J connectivity index is 1.90. The predicted molar refractivity (Wildman–Crippen MR) is 103 cm³/mol. The van der Waals surface area contributed by atoms with E-state index in [4.69, 9.17) is 4.98 Å². The maximum atomic E-state index is 13.3. The normalized spacial score (nSPS) is 10.9. The topological polar surface area (TPSA) is 28.7 Å². The van der Waals surface area contributed by atoms with Gasteiger partial charge >= 0.3 is 0 Å². The van der Waals surface area contributed by atoms with Gasteiger partial charge in [-0.2, -0.15) is 0 Å². The van der Waals surface area contributed by atoms with Gasteiger partial charge < -0.3 is 4.98 Å². The summed E-state index contributed by atoms with van der Waals surface area (Å²) in [5.74, 6) is 0.0774. The molecule has 0 amide bonds. The Morgan fingerprint density at radius 2 is 1.35 bits per heavy atom. The van der Waals surface area contributed by atoms with Crippen molar-refractivity contribution in [3.8, 4) is 33.9 Å². The quantitative estimate of drug-likeness (QED) is 0.412. The number of H-pyrrole nitrogens is 1. The smallest absolute Gasteiger partial charge is 0.138 e. The van der Waals surface area contributed by atoms with Gasteiger partial charge in [-0.15, -0.1) is 0 Å². The number of halogens is 3. The molecule has 0 saturated carbocycles. The second-order valence-electron chi connectivity index (χ2n) is 5.83. The van der Waals surface area contributed by atoms with Crippen molar-refractivity contribution in [1.82, 2.24) is 9.97 Å². The summed E-state index contributed by atoms with van der Waals surface area (Å²) in [6.07, 6.45) is 0. The van der Waals surface area contributed by atoms with Gasteiger partial charge in [0, 0.05) is 21.2 Å². The largest absolute Gasteiger partial charge is 0.337 e. The Morgan fingerprint density at radius 3 is 1.96 bits per heavy atom. The number of hydrogen-bond acceptors (Lipinski definition) is 1. The van der Waals surface area contributed by atoms with Gasteiger partial charge in [0.15, 0.2) is 0 Å². The molecule has 26 heavy (non-hydrogen) atoms. The second kappa shape index (κ2) is 6.84. The number of aromatic nitrogens is 2. The van der Waals surface area contributed by atoms with E-state index in [9.17, 15) is 8.78 Å². The first-order valence-electron chi connectivity index (χ1n) is 7.98. The van der Waals surface area contributed by atoms with Crippen LogP contribution < -0.4 is 0 Å². The summed E-state index contributed by atoms with van der Waals surface area (Å²) >= 11 is 3.47. The Kier molecular flexibility index (Phi) is 4.39. The van der Waals surface area contributed by atoms with Gasteiger partial charge in [-0.25, -0.2) is 13.8 Å². The van der Waals surface area contributed by atoms with E-state index in [0.717, 1.165) is 26.9 Å². The fourth-order valence-electron chi connectivity index (χ4n) is 2.79. The van der Waals surface area contributed by atoms with Crippen molar-refractivity contribution >= 4 is 15.9 Å². The minimum atomic E-state index is -0.306. The highest BCUT2D eigenvalue weighted by atomic mass is 79.9. The minimum absolute atomic E-state index is 0.302. The van der Waals surface area contributed by atoms with Crippen molar-refractivity contribution in [2.75, 3.05) is 0 Å². The fraction of sp³-hybridized carbons (Fsp3) is 0. The molecule has 1 heterocycles. The molecule has 0 saturated heterocycles. The molecular formula is C21H13BrF2N2. The number of imidazole rings is 1. The monoisotopic (exact) mass is 410 g/mol. The third kappa shape index (κ3) is 3.30. The van der Waals surface area contributed by atoms with Crippen LogP contribution in [0.5, 0.6) is 0 Å². The standard InChI is InChI=1S/C21H13BrF2N2/c22-16-3-1-2-15(12-16)21-25-19(13-4-8-17(23)9-5-13)20(26-21)14-6-10-18(24)11-7-14/h1-12H,(H,25,26). The van der Waals surface area contributed by atoms with Gasteiger partial charge in [0.05, 0.1) is 11.4 Å². The highest BCUT2D eigenvalue weighted by Gasteiger charge is 2.15. The van der Waals surface area contributed by atoms with E-state index >= 15 is 0 Å². The lowest BCUT2D eigenvalue weighted by molar-refractivity contribution is 0.627. The fourth-order valence-corrected chi connectivity index (χ4v) is 3.19. The van der Waals surface area contributed by atoms with Crippen molar-refractivity contribution in [3.05, 3.63) is 88.9 Å². The van der Waals surface area contributed by atoms with Gasteiger partial charge in [-0.3, -0.25) is 0 Å². The zero-order valence-electron chi connectivity index (χ0n) is 13.5. The minimum Gasteiger partial charge on any atom is -0.337 e. The lowest BCUT2D eigenvalue weighted by Gasteiger charge is -2.03. The third-order valence-electron chi connectivity index (χ3n) is 4.05. The number of hydrogen-bond donors (Lipinski definition) is 1. The van der Waals surface area contributed by atoms with E-state index in [1.54, 1.807) is 24.3 Å². The number of aromatic amines is 1. The van der Waals surface area contributed by atoms with Crippen LogP contribution in [0.3, 0.4) is 0 Å². The van der Waals surface area contributed by atoms with Gasteiger partial charge in [0.2, 0.25) is 0 Å². The molecule has 128 valence electrons. The lowest BCUT2D eigenvalue weighted by atomic mass is 10.1. The van der Waals surface area contributed by atoms with Crippen LogP contribution in [0.15, 0.2) is 77.3 Å². The molecule has 0 aliphatic rings. The van der Waals surface area contributed by atoms with E-state index in [2.05, 4.69) is 20.9 Å². The summed E-state index contributed by atoms with van der Waals surface area (Å²) in [4.78, 5) is 8.05. The number of benzene rings is 3. The van der Waals surface area contributed by atoms with Gasteiger partial charge in [0.1, 0.15) is 17.5 Å². The highest BCUT2D eigenvalue weighted by Crippen LogP contribution is 2.33. The Labute approximate surface area is 157 Å². The molecule has 0 unspecified atom stereocenters. The van der Waals surface area contributed by atoms with Crippen LogP contribution >= 0.6 is 15.9 Å². The zero-order chi connectivity index (χ0) is 18.1. The highest BCUT2D eigenvalue weighted by molar-refractivity contribution is 9.10. The number of nitrogens with one attached hydrogen (secondary N) is 1. The van der Waals surface area contributed by atoms with Crippen molar-refractivity contribution < 1.29 is 8.78 Å². The van der Waals surface area contributed by atoms with Crippen molar-refractivity contribution in [2.45, 2.75) is 0 Å². The molecule has 0 aliphatic heterocycles. The molecule has 0 spiro atoms. The maximum Gasteiger partial charge on any atom is 0.138 e. The van der Waals surface area contributed by atoms with E-state index < -0.39 is 0 Å². The Morgan fingerprint density at radius 1 is 0.731 bits per heavy atom. The molecule has 1 aromatic heterocycles. The molecule has 1 N–H and O–H groups in total. The summed E-state index contributed by atoms with van der Waals surface area (Å²) in [7, 11) is 0. The average molecular weight is 411 g/mol. The number of nitrogens with zero attached hydrogens (tertiary/aromatic N) is 1. The van der Waals surface area contributed by atoms with Crippen LogP contribution in [0.4, 0.5) is 8.78 Å². The van der Waals surface area contributed by atoms with Gasteiger partial charge in [0.25, 0.3) is 0 Å². The first kappa shape index (κ1) is 16.7. The summed E-state index contributed by atoms with van der Waals surface area (Å²) in [5, 5.41) is 0. The van der Waals surface area contributed by atoms with E-state index in [1.165, 1.54) is 24.3 Å². The first-order valence-corrected chi connectivity index (χ1v) is 8.77. The molecule has 0 fully saturated rings. The molecule has 0 radical (unpaired) electrons. The van der Waals surface area contributed by atoms with Crippen LogP contribution in [-0.2, 0) is 0 Å². The molecule has 0 bridgehead atoms. The molecule has 4 rings (SSSR count). The lowest BCUT2D eigenvalue weighted by Crippen LogP contribution is -1.85. The summed E-state index contributed by atoms with van der Waals surface area (Å²) in [6.45, 7) is 0. The Hall–Kier alpha value is -2.79. The van der Waals surface area contributed by atoms with Gasteiger partial charge in [-0.1, -0.05) is 28.1 Å². The van der Waals surface area contributed by atoms with Crippen molar-refractivity contribution in [2.24, 2.45) is 0 Å².